The van der Waals surface area contributed by atoms with Crippen molar-refractivity contribution in [3.63, 3.8) is 0 Å². The van der Waals surface area contributed by atoms with E-state index in [9.17, 15) is 13.6 Å². The minimum atomic E-state index is -0.781. The second kappa shape index (κ2) is 7.76. The monoisotopic (exact) mass is 339 g/mol. The van der Waals surface area contributed by atoms with Gasteiger partial charge in [0.1, 0.15) is 18.2 Å². The number of hydrogen-bond acceptors (Lipinski definition) is 4. The molecule has 0 aliphatic heterocycles. The van der Waals surface area contributed by atoms with Crippen molar-refractivity contribution in [1.29, 1.82) is 0 Å². The second-order valence-corrected chi connectivity index (χ2v) is 5.31. The van der Waals surface area contributed by atoms with Gasteiger partial charge in [-0.05, 0) is 26.0 Å². The van der Waals surface area contributed by atoms with Crippen LogP contribution in [0.2, 0.25) is 0 Å². The second-order valence-electron chi connectivity index (χ2n) is 5.31. The van der Waals surface area contributed by atoms with Gasteiger partial charge < -0.3 is 19.5 Å². The number of halogens is 2. The summed E-state index contributed by atoms with van der Waals surface area (Å²) in [6.07, 6.45) is 0. The van der Waals surface area contributed by atoms with Crippen molar-refractivity contribution < 1.29 is 22.8 Å². The molecule has 0 spiro atoms. The Morgan fingerprint density at radius 3 is 2.75 bits per heavy atom. The predicted octanol–water partition coefficient (Wildman–Crippen LogP) is 2.79. The third-order valence-electron chi connectivity index (χ3n) is 3.45. The van der Waals surface area contributed by atoms with Crippen LogP contribution >= 0.6 is 0 Å². The number of benzene rings is 1. The Morgan fingerprint density at radius 2 is 2.12 bits per heavy atom. The first-order valence-corrected chi connectivity index (χ1v) is 7.37. The molecule has 0 unspecified atom stereocenters. The van der Waals surface area contributed by atoms with Gasteiger partial charge in [0.05, 0.1) is 18.8 Å². The molecule has 0 aliphatic carbocycles. The quantitative estimate of drug-likeness (QED) is 0.822. The molecule has 0 radical (unpaired) electrons. The topological polar surface area (TPSA) is 67.6 Å². The highest BCUT2D eigenvalue weighted by Gasteiger charge is 2.15. The van der Waals surface area contributed by atoms with Crippen LogP contribution in [0.25, 0.3) is 0 Å². The lowest BCUT2D eigenvalue weighted by molar-refractivity contribution is 0.203. The molecular formula is C16H19F2N3O3. The number of carbonyl (C=O) groups is 1. The summed E-state index contributed by atoms with van der Waals surface area (Å²) in [4.78, 5) is 13.5. The zero-order valence-corrected chi connectivity index (χ0v) is 13.7. The molecule has 8 heteroatoms. The fraction of sp³-hybridized carbons (Fsp3) is 0.375. The lowest BCUT2D eigenvalue weighted by Crippen LogP contribution is -2.38. The van der Waals surface area contributed by atoms with Gasteiger partial charge in [-0.25, -0.2) is 13.6 Å². The molecule has 24 heavy (non-hydrogen) atoms. The van der Waals surface area contributed by atoms with E-state index in [0.29, 0.717) is 12.3 Å². The number of amides is 2. The SMILES string of the molecule is Cc1noc(C)c1CN(C)C(=O)NCCOc1ccc(F)cc1F. The van der Waals surface area contributed by atoms with Crippen LogP contribution in [-0.2, 0) is 6.54 Å². The van der Waals surface area contributed by atoms with Crippen LogP contribution in [0, 0.1) is 25.5 Å². The maximum atomic E-state index is 13.4. The number of hydrogen-bond donors (Lipinski definition) is 1. The molecule has 2 amide bonds. The zero-order valence-electron chi connectivity index (χ0n) is 13.7. The maximum Gasteiger partial charge on any atom is 0.317 e. The summed E-state index contributed by atoms with van der Waals surface area (Å²) in [5.41, 5.74) is 1.60. The highest BCUT2D eigenvalue weighted by Crippen LogP contribution is 2.17. The summed E-state index contributed by atoms with van der Waals surface area (Å²) in [6.45, 7) is 4.20. The number of urea groups is 1. The van der Waals surface area contributed by atoms with E-state index in [4.69, 9.17) is 9.26 Å². The molecule has 0 saturated carbocycles. The fourth-order valence-electron chi connectivity index (χ4n) is 2.08. The van der Waals surface area contributed by atoms with Crippen molar-refractivity contribution in [3.8, 4) is 5.75 Å². The summed E-state index contributed by atoms with van der Waals surface area (Å²) >= 11 is 0. The maximum absolute atomic E-state index is 13.4. The average Bonchev–Trinajstić information content (AvgIpc) is 2.84. The standard InChI is InChI=1S/C16H19F2N3O3/c1-10-13(11(2)24-20-10)9-21(3)16(22)19-6-7-23-15-5-4-12(17)8-14(15)18/h4-5,8H,6-7,9H2,1-3H3,(H,19,22). The molecule has 0 aliphatic rings. The molecule has 0 saturated heterocycles. The van der Waals surface area contributed by atoms with E-state index < -0.39 is 11.6 Å². The van der Waals surface area contributed by atoms with Gasteiger partial charge in [-0.1, -0.05) is 5.16 Å². The first-order chi connectivity index (χ1) is 11.4. The normalized spacial score (nSPS) is 10.5. The highest BCUT2D eigenvalue weighted by atomic mass is 19.1. The molecule has 0 fully saturated rings. The summed E-state index contributed by atoms with van der Waals surface area (Å²) in [5.74, 6) is -0.844. The van der Waals surface area contributed by atoms with Gasteiger partial charge in [0, 0.05) is 18.7 Å². The summed E-state index contributed by atoms with van der Waals surface area (Å²) in [7, 11) is 1.64. The fourth-order valence-corrected chi connectivity index (χ4v) is 2.08. The molecule has 1 aromatic carbocycles. The van der Waals surface area contributed by atoms with E-state index in [1.807, 2.05) is 6.92 Å². The molecule has 0 atom stereocenters. The third-order valence-corrected chi connectivity index (χ3v) is 3.45. The number of ether oxygens (including phenoxy) is 1. The summed E-state index contributed by atoms with van der Waals surface area (Å²) in [6, 6.07) is 2.74. The van der Waals surface area contributed by atoms with Gasteiger partial charge in [-0.3, -0.25) is 0 Å². The Balaban J connectivity index is 1.76. The number of aryl methyl sites for hydroxylation is 2. The van der Waals surface area contributed by atoms with Crippen LogP contribution in [0.1, 0.15) is 17.0 Å². The van der Waals surface area contributed by atoms with Crippen LogP contribution in [0.15, 0.2) is 22.7 Å². The molecule has 2 aromatic rings. The van der Waals surface area contributed by atoms with E-state index in [-0.39, 0.29) is 24.9 Å². The van der Waals surface area contributed by atoms with Crippen molar-refractivity contribution in [3.05, 3.63) is 46.9 Å². The highest BCUT2D eigenvalue weighted by molar-refractivity contribution is 5.73. The Morgan fingerprint density at radius 1 is 1.38 bits per heavy atom. The van der Waals surface area contributed by atoms with E-state index in [2.05, 4.69) is 10.5 Å². The Hall–Kier alpha value is -2.64. The average molecular weight is 339 g/mol. The molecule has 1 aromatic heterocycles. The number of carbonyl (C=O) groups excluding carboxylic acids is 1. The number of nitrogens with zero attached hydrogens (tertiary/aromatic N) is 2. The van der Waals surface area contributed by atoms with Crippen LogP contribution < -0.4 is 10.1 Å². The first-order valence-electron chi connectivity index (χ1n) is 7.37. The molecule has 2 rings (SSSR count). The predicted molar refractivity (Wildman–Crippen MR) is 82.7 cm³/mol. The molecule has 130 valence electrons. The van der Waals surface area contributed by atoms with Crippen molar-refractivity contribution in [1.82, 2.24) is 15.4 Å². The van der Waals surface area contributed by atoms with Gasteiger partial charge in [0.25, 0.3) is 0 Å². The van der Waals surface area contributed by atoms with Crippen LogP contribution in [0.4, 0.5) is 13.6 Å². The molecule has 0 bridgehead atoms. The van der Waals surface area contributed by atoms with Gasteiger partial charge >= 0.3 is 6.03 Å². The van der Waals surface area contributed by atoms with Gasteiger partial charge in [0.15, 0.2) is 11.6 Å². The lowest BCUT2D eigenvalue weighted by Gasteiger charge is -2.18. The summed E-state index contributed by atoms with van der Waals surface area (Å²) < 4.78 is 36.4. The van der Waals surface area contributed by atoms with Gasteiger partial charge in [-0.2, -0.15) is 0 Å². The van der Waals surface area contributed by atoms with E-state index in [1.165, 1.54) is 11.0 Å². The van der Waals surface area contributed by atoms with Crippen molar-refractivity contribution in [2.24, 2.45) is 0 Å². The number of rotatable bonds is 6. The van der Waals surface area contributed by atoms with Crippen molar-refractivity contribution in [2.75, 3.05) is 20.2 Å². The van der Waals surface area contributed by atoms with Crippen LogP contribution in [0.3, 0.4) is 0 Å². The first kappa shape index (κ1) is 17.7. The third kappa shape index (κ3) is 4.43. The Bertz CT molecular complexity index is 699. The van der Waals surface area contributed by atoms with Gasteiger partial charge in [0.2, 0.25) is 0 Å². The minimum Gasteiger partial charge on any atom is -0.489 e. The summed E-state index contributed by atoms with van der Waals surface area (Å²) in [5, 5.41) is 6.49. The largest absolute Gasteiger partial charge is 0.489 e. The zero-order chi connectivity index (χ0) is 17.7. The Kier molecular flexibility index (Phi) is 5.73. The number of aromatic nitrogens is 1. The smallest absolute Gasteiger partial charge is 0.317 e. The number of nitrogens with one attached hydrogen (secondary N) is 1. The van der Waals surface area contributed by atoms with E-state index in [1.54, 1.807) is 14.0 Å². The lowest BCUT2D eigenvalue weighted by atomic mass is 10.2. The van der Waals surface area contributed by atoms with Crippen molar-refractivity contribution >= 4 is 6.03 Å². The Labute approximate surface area is 138 Å². The van der Waals surface area contributed by atoms with Crippen LogP contribution in [0.5, 0.6) is 5.75 Å². The minimum absolute atomic E-state index is 0.0604. The van der Waals surface area contributed by atoms with Gasteiger partial charge in [-0.15, -0.1) is 0 Å². The van der Waals surface area contributed by atoms with E-state index >= 15 is 0 Å². The van der Waals surface area contributed by atoms with E-state index in [0.717, 1.165) is 23.4 Å². The molecule has 6 nitrogen and oxygen atoms in total. The van der Waals surface area contributed by atoms with Crippen LogP contribution in [-0.4, -0.2) is 36.3 Å². The molecular weight excluding hydrogens is 320 g/mol. The molecule has 1 N–H and O–H groups in total. The van der Waals surface area contributed by atoms with Crippen molar-refractivity contribution in [2.45, 2.75) is 20.4 Å². The molecule has 1 heterocycles.